The van der Waals surface area contributed by atoms with E-state index in [1.807, 2.05) is 0 Å². The predicted octanol–water partition coefficient (Wildman–Crippen LogP) is 5.92. The lowest BCUT2D eigenvalue weighted by molar-refractivity contribution is -0.861. The molecule has 0 spiro atoms. The highest BCUT2D eigenvalue weighted by molar-refractivity contribution is 6.52. The zero-order valence-corrected chi connectivity index (χ0v) is 19.8. The maximum atomic E-state index is 6.43. The quantitative estimate of drug-likeness (QED) is 0.202. The van der Waals surface area contributed by atoms with Gasteiger partial charge in [0.25, 0.3) is 0 Å². The van der Waals surface area contributed by atoms with E-state index in [4.69, 9.17) is 13.3 Å². The van der Waals surface area contributed by atoms with Crippen LogP contribution in [0.25, 0.3) is 0 Å². The van der Waals surface area contributed by atoms with Crippen LogP contribution in [-0.2, 0) is 13.3 Å². The first-order chi connectivity index (χ1) is 12.6. The Morgan fingerprint density at radius 1 is 0.500 bits per heavy atom. The van der Waals surface area contributed by atoms with Gasteiger partial charge in [-0.1, -0.05) is 40.0 Å². The number of rotatable bonds is 19. The van der Waals surface area contributed by atoms with Crippen LogP contribution in [0.2, 0.25) is 0 Å². The van der Waals surface area contributed by atoms with Crippen LogP contribution in [0.15, 0.2) is 0 Å². The van der Waals surface area contributed by atoms with Crippen molar-refractivity contribution in [2.45, 2.75) is 99.3 Å². The van der Waals surface area contributed by atoms with Crippen molar-refractivity contribution in [3.05, 3.63) is 0 Å². The molecule has 5 heteroatoms. The Morgan fingerprint density at radius 3 is 1.04 bits per heavy atom. The SMILES string of the molecule is CCCCC[N+](CCCCC)(CCCCC)[Si](OCC)(OCC)OCC. The standard InChI is InChI=1S/C21H48NO3Si/c1-7-13-16-19-22(20-17-14-8-2,21-18-15-9-3)26(23-10-4,24-11-5)25-12-6/h7-21H2,1-6H3/q+1. The van der Waals surface area contributed by atoms with Crippen molar-refractivity contribution in [2.24, 2.45) is 0 Å². The molecule has 0 bridgehead atoms. The third-order valence-electron chi connectivity index (χ3n) is 5.13. The van der Waals surface area contributed by atoms with E-state index in [9.17, 15) is 0 Å². The van der Waals surface area contributed by atoms with Gasteiger partial charge in [-0.15, -0.1) is 0 Å². The lowest BCUT2D eigenvalue weighted by Gasteiger charge is -2.47. The predicted molar refractivity (Wildman–Crippen MR) is 114 cm³/mol. The van der Waals surface area contributed by atoms with E-state index in [1.165, 1.54) is 57.8 Å². The first-order valence-electron chi connectivity index (χ1n) is 11.4. The van der Waals surface area contributed by atoms with Crippen LogP contribution in [0.1, 0.15) is 99.3 Å². The summed E-state index contributed by atoms with van der Waals surface area (Å²) in [6.45, 7) is 18.5. The van der Waals surface area contributed by atoms with E-state index >= 15 is 0 Å². The van der Waals surface area contributed by atoms with E-state index in [-0.39, 0.29) is 0 Å². The first kappa shape index (κ1) is 26.1. The second kappa shape index (κ2) is 16.1. The summed E-state index contributed by atoms with van der Waals surface area (Å²) in [6.07, 6.45) is 11.3. The molecule has 0 aromatic rings. The lowest BCUT2D eigenvalue weighted by Crippen LogP contribution is -2.74. The lowest BCUT2D eigenvalue weighted by atomic mass is 10.2. The van der Waals surface area contributed by atoms with Crippen molar-refractivity contribution in [1.29, 1.82) is 0 Å². The van der Waals surface area contributed by atoms with Gasteiger partial charge in [0, 0.05) is 19.8 Å². The molecule has 0 aliphatic rings. The third-order valence-corrected chi connectivity index (χ3v) is 8.92. The molecule has 0 aromatic heterocycles. The van der Waals surface area contributed by atoms with Crippen LogP contribution in [0, 0.1) is 0 Å². The van der Waals surface area contributed by atoms with E-state index in [1.54, 1.807) is 0 Å². The second-order valence-electron chi connectivity index (χ2n) is 7.26. The van der Waals surface area contributed by atoms with Crippen molar-refractivity contribution in [3.8, 4) is 0 Å². The monoisotopic (exact) mass is 390 g/mol. The van der Waals surface area contributed by atoms with Gasteiger partial charge in [0.2, 0.25) is 0 Å². The molecule has 0 atom stereocenters. The van der Waals surface area contributed by atoms with Gasteiger partial charge in [-0.2, -0.15) is 0 Å². The molecular formula is C21H48NO3Si+. The number of unbranched alkanes of at least 4 members (excludes halogenated alkanes) is 6. The molecule has 0 saturated heterocycles. The number of nitrogens with zero attached hydrogens (tertiary/aromatic N) is 1. The van der Waals surface area contributed by atoms with Gasteiger partial charge in [-0.05, 0) is 59.3 Å². The number of quaternary nitrogens is 1. The minimum absolute atomic E-state index is 0.668. The molecule has 0 saturated carbocycles. The topological polar surface area (TPSA) is 27.7 Å². The maximum Gasteiger partial charge on any atom is 0.784 e. The smallest absolute Gasteiger partial charge is 0.325 e. The van der Waals surface area contributed by atoms with E-state index < -0.39 is 8.97 Å². The average Bonchev–Trinajstić information content (AvgIpc) is 2.62. The van der Waals surface area contributed by atoms with Crippen LogP contribution in [-0.4, -0.2) is 52.6 Å². The minimum atomic E-state index is -2.79. The summed E-state index contributed by atoms with van der Waals surface area (Å²) in [6, 6.07) is 0. The number of hydrogen-bond acceptors (Lipinski definition) is 3. The van der Waals surface area contributed by atoms with Gasteiger partial charge in [0.1, 0.15) is 0 Å². The zero-order valence-electron chi connectivity index (χ0n) is 18.8. The summed E-state index contributed by atoms with van der Waals surface area (Å²) >= 11 is 0. The average molecular weight is 391 g/mol. The Hall–Kier alpha value is 0.0569. The van der Waals surface area contributed by atoms with Gasteiger partial charge in [0.15, 0.2) is 0 Å². The Bertz CT molecular complexity index is 272. The van der Waals surface area contributed by atoms with E-state index in [0.29, 0.717) is 19.8 Å². The Balaban J connectivity index is 5.78. The van der Waals surface area contributed by atoms with Crippen molar-refractivity contribution < 1.29 is 17.4 Å². The highest BCUT2D eigenvalue weighted by Gasteiger charge is 2.64. The molecular weight excluding hydrogens is 342 g/mol. The highest BCUT2D eigenvalue weighted by Crippen LogP contribution is 2.29. The molecule has 0 rings (SSSR count). The summed E-state index contributed by atoms with van der Waals surface area (Å²) in [5.41, 5.74) is 0. The van der Waals surface area contributed by atoms with E-state index in [2.05, 4.69) is 41.5 Å². The highest BCUT2D eigenvalue weighted by atomic mass is 28.4. The Kier molecular flexibility index (Phi) is 16.1. The van der Waals surface area contributed by atoms with Crippen LogP contribution in [0.4, 0.5) is 0 Å². The molecule has 0 fully saturated rings. The summed E-state index contributed by atoms with van der Waals surface area (Å²) in [5.74, 6) is 0. The molecule has 4 nitrogen and oxygen atoms in total. The molecule has 26 heavy (non-hydrogen) atoms. The van der Waals surface area contributed by atoms with Crippen molar-refractivity contribution >= 4 is 8.97 Å². The van der Waals surface area contributed by atoms with Crippen LogP contribution < -0.4 is 0 Å². The summed E-state index contributed by atoms with van der Waals surface area (Å²) in [7, 11) is -2.79. The normalized spacial score (nSPS) is 12.7. The maximum absolute atomic E-state index is 6.43. The van der Waals surface area contributed by atoms with Crippen LogP contribution >= 0.6 is 0 Å². The van der Waals surface area contributed by atoms with Gasteiger partial charge >= 0.3 is 8.97 Å². The van der Waals surface area contributed by atoms with Gasteiger partial charge in [-0.25, -0.2) is 0 Å². The van der Waals surface area contributed by atoms with Crippen molar-refractivity contribution in [2.75, 3.05) is 39.5 Å². The van der Waals surface area contributed by atoms with Gasteiger partial charge in [0.05, 0.1) is 19.6 Å². The Labute approximate surface area is 165 Å². The molecule has 0 amide bonds. The fourth-order valence-electron chi connectivity index (χ4n) is 3.82. The first-order valence-corrected chi connectivity index (χ1v) is 13.1. The zero-order chi connectivity index (χ0) is 19.7. The summed E-state index contributed by atoms with van der Waals surface area (Å²) in [5, 5.41) is 0. The Morgan fingerprint density at radius 2 is 0.808 bits per heavy atom. The molecule has 0 unspecified atom stereocenters. The molecule has 0 radical (unpaired) electrons. The molecule has 158 valence electrons. The second-order valence-corrected chi connectivity index (χ2v) is 10.1. The van der Waals surface area contributed by atoms with Gasteiger partial charge < -0.3 is 17.4 Å². The fourth-order valence-corrected chi connectivity index (χ4v) is 7.28. The largest absolute Gasteiger partial charge is 0.784 e. The summed E-state index contributed by atoms with van der Waals surface area (Å²) in [4.78, 5) is 0. The van der Waals surface area contributed by atoms with Crippen molar-refractivity contribution in [3.63, 3.8) is 0 Å². The molecule has 0 N–H and O–H groups in total. The van der Waals surface area contributed by atoms with Crippen molar-refractivity contribution in [1.82, 2.24) is 0 Å². The molecule has 0 aromatic carbocycles. The number of hydrogen-bond donors (Lipinski definition) is 0. The fraction of sp³-hybridized carbons (Fsp3) is 1.00. The van der Waals surface area contributed by atoms with Crippen LogP contribution in [0.5, 0.6) is 0 Å². The van der Waals surface area contributed by atoms with E-state index in [0.717, 1.165) is 23.8 Å². The minimum Gasteiger partial charge on any atom is -0.325 e. The molecule has 0 aliphatic heterocycles. The molecule has 0 aliphatic carbocycles. The molecule has 0 heterocycles. The van der Waals surface area contributed by atoms with Gasteiger partial charge in [-0.3, -0.25) is 0 Å². The van der Waals surface area contributed by atoms with Crippen LogP contribution in [0.3, 0.4) is 0 Å². The summed E-state index contributed by atoms with van der Waals surface area (Å²) < 4.78 is 20.2. The third kappa shape index (κ3) is 8.38.